The molecular formula is C13H15FN2O2S. The maximum absolute atomic E-state index is 13.0. The summed E-state index contributed by atoms with van der Waals surface area (Å²) < 4.78 is 18.1. The van der Waals surface area contributed by atoms with Gasteiger partial charge in [-0.25, -0.2) is 4.39 Å². The Hall–Kier alpha value is -1.40. The Bertz CT molecular complexity index is 545. The molecule has 0 aliphatic carbocycles. The Morgan fingerprint density at radius 2 is 2.21 bits per heavy atom. The van der Waals surface area contributed by atoms with Gasteiger partial charge >= 0.3 is 0 Å². The van der Waals surface area contributed by atoms with E-state index in [1.165, 1.54) is 23.9 Å². The van der Waals surface area contributed by atoms with E-state index in [4.69, 9.17) is 4.52 Å². The van der Waals surface area contributed by atoms with E-state index in [1.807, 2.05) is 13.0 Å². The van der Waals surface area contributed by atoms with Crippen molar-refractivity contribution in [3.8, 4) is 0 Å². The smallest absolute Gasteiger partial charge is 0.232 e. The molecule has 2 atom stereocenters. The van der Waals surface area contributed by atoms with Gasteiger partial charge in [0.15, 0.2) is 5.82 Å². The number of aliphatic hydroxyl groups excluding tert-OH is 1. The minimum absolute atomic E-state index is 0.194. The second-order valence-electron chi connectivity index (χ2n) is 4.32. The molecule has 4 nitrogen and oxygen atoms in total. The molecule has 0 amide bonds. The van der Waals surface area contributed by atoms with Crippen molar-refractivity contribution >= 4 is 11.8 Å². The zero-order chi connectivity index (χ0) is 13.8. The Labute approximate surface area is 115 Å². The van der Waals surface area contributed by atoms with Crippen molar-refractivity contribution in [2.75, 3.05) is 0 Å². The molecule has 0 saturated heterocycles. The quantitative estimate of drug-likeness (QED) is 0.854. The fourth-order valence-corrected chi connectivity index (χ4v) is 2.21. The summed E-state index contributed by atoms with van der Waals surface area (Å²) >= 11 is 1.43. The highest BCUT2D eigenvalue weighted by molar-refractivity contribution is 7.98. The summed E-state index contributed by atoms with van der Waals surface area (Å²) in [4.78, 5) is 5.03. The first-order chi connectivity index (χ1) is 9.06. The number of hydrogen-bond acceptors (Lipinski definition) is 5. The van der Waals surface area contributed by atoms with Crippen LogP contribution in [0.4, 0.5) is 4.39 Å². The number of nitrogens with zero attached hydrogens (tertiary/aromatic N) is 2. The van der Waals surface area contributed by atoms with Crippen molar-refractivity contribution in [3.63, 3.8) is 0 Å². The molecule has 6 heteroatoms. The Morgan fingerprint density at radius 1 is 1.42 bits per heavy atom. The molecule has 2 rings (SSSR count). The molecule has 0 spiro atoms. The number of hydrogen-bond donors (Lipinski definition) is 1. The predicted molar refractivity (Wildman–Crippen MR) is 70.4 cm³/mol. The van der Waals surface area contributed by atoms with Gasteiger partial charge in [-0.15, -0.1) is 11.8 Å². The molecule has 0 fully saturated rings. The summed E-state index contributed by atoms with van der Waals surface area (Å²) in [6.07, 6.45) is -0.538. The van der Waals surface area contributed by atoms with Gasteiger partial charge in [0.25, 0.3) is 0 Å². The maximum atomic E-state index is 13.0. The van der Waals surface area contributed by atoms with Crippen LogP contribution in [0.25, 0.3) is 0 Å². The summed E-state index contributed by atoms with van der Waals surface area (Å²) in [6.45, 7) is 3.50. The number of aliphatic hydroxyl groups is 1. The van der Waals surface area contributed by atoms with Crippen molar-refractivity contribution in [3.05, 3.63) is 41.8 Å². The van der Waals surface area contributed by atoms with Crippen LogP contribution in [0.1, 0.15) is 31.5 Å². The molecule has 2 aromatic rings. The molecule has 19 heavy (non-hydrogen) atoms. The number of thioether (sulfide) groups is 1. The van der Waals surface area contributed by atoms with Crippen molar-refractivity contribution < 1.29 is 14.0 Å². The molecule has 102 valence electrons. The van der Waals surface area contributed by atoms with Crippen LogP contribution in [0.3, 0.4) is 0 Å². The summed E-state index contributed by atoms with van der Waals surface area (Å²) in [5.74, 6) is 1.00. The number of aromatic nitrogens is 2. The fourth-order valence-electron chi connectivity index (χ4n) is 1.42. The van der Waals surface area contributed by atoms with Crippen molar-refractivity contribution in [1.82, 2.24) is 10.1 Å². The van der Waals surface area contributed by atoms with Crippen molar-refractivity contribution in [1.29, 1.82) is 0 Å². The van der Waals surface area contributed by atoms with Gasteiger partial charge in [-0.1, -0.05) is 18.1 Å². The first-order valence-electron chi connectivity index (χ1n) is 5.95. The van der Waals surface area contributed by atoms with Gasteiger partial charge in [0, 0.05) is 4.90 Å². The lowest BCUT2D eigenvalue weighted by Crippen LogP contribution is -2.11. The topological polar surface area (TPSA) is 59.2 Å². The normalized spacial score (nSPS) is 14.3. The van der Waals surface area contributed by atoms with Crippen LogP contribution in [0.15, 0.2) is 33.7 Å². The van der Waals surface area contributed by atoms with Gasteiger partial charge in [0.2, 0.25) is 5.89 Å². The second-order valence-corrected chi connectivity index (χ2v) is 5.37. The predicted octanol–water partition coefficient (Wildman–Crippen LogP) is 2.99. The molecule has 1 heterocycles. The van der Waals surface area contributed by atoms with E-state index in [0.717, 1.165) is 4.90 Å². The van der Waals surface area contributed by atoms with E-state index < -0.39 is 6.10 Å². The molecule has 1 aromatic heterocycles. The van der Waals surface area contributed by atoms with Gasteiger partial charge in [-0.05, 0) is 25.1 Å². The Balaban J connectivity index is 1.97. The lowest BCUT2D eigenvalue weighted by atomic mass is 10.1. The molecule has 0 aliphatic heterocycles. The molecule has 0 bridgehead atoms. The lowest BCUT2D eigenvalue weighted by molar-refractivity contribution is 0.151. The first kappa shape index (κ1) is 14.0. The van der Waals surface area contributed by atoms with E-state index >= 15 is 0 Å². The summed E-state index contributed by atoms with van der Waals surface area (Å²) in [6, 6.07) is 6.35. The van der Waals surface area contributed by atoms with Crippen LogP contribution in [0.2, 0.25) is 0 Å². The van der Waals surface area contributed by atoms with Crippen LogP contribution in [0.5, 0.6) is 0 Å². The molecule has 0 radical (unpaired) electrons. The third-order valence-corrected chi connectivity index (χ3v) is 3.75. The Kier molecular flexibility index (Phi) is 4.55. The van der Waals surface area contributed by atoms with Crippen molar-refractivity contribution in [2.45, 2.75) is 36.5 Å². The number of halogens is 1. The highest BCUT2D eigenvalue weighted by Gasteiger charge is 2.18. The van der Waals surface area contributed by atoms with E-state index in [2.05, 4.69) is 10.1 Å². The van der Waals surface area contributed by atoms with Crippen LogP contribution in [0, 0.1) is 5.82 Å². The molecule has 1 N–H and O–H groups in total. The number of rotatable bonds is 5. The fraction of sp³-hybridized carbons (Fsp3) is 0.385. The highest BCUT2D eigenvalue weighted by Crippen LogP contribution is 2.23. The average molecular weight is 282 g/mol. The number of benzene rings is 1. The maximum Gasteiger partial charge on any atom is 0.232 e. The monoisotopic (exact) mass is 282 g/mol. The minimum atomic E-state index is -0.538. The van der Waals surface area contributed by atoms with Gasteiger partial charge in [-0.2, -0.15) is 4.98 Å². The van der Waals surface area contributed by atoms with E-state index in [-0.39, 0.29) is 11.7 Å². The molecule has 2 unspecified atom stereocenters. The second kappa shape index (κ2) is 6.16. The summed E-state index contributed by atoms with van der Waals surface area (Å²) in [7, 11) is 0. The minimum Gasteiger partial charge on any atom is -0.393 e. The van der Waals surface area contributed by atoms with Crippen LogP contribution < -0.4 is 0 Å². The van der Waals surface area contributed by atoms with E-state index in [9.17, 15) is 9.50 Å². The van der Waals surface area contributed by atoms with Gasteiger partial charge < -0.3 is 9.63 Å². The zero-order valence-electron chi connectivity index (χ0n) is 10.7. The average Bonchev–Trinajstić information content (AvgIpc) is 2.84. The summed E-state index contributed by atoms with van der Waals surface area (Å²) in [5, 5.41) is 13.3. The van der Waals surface area contributed by atoms with E-state index in [0.29, 0.717) is 17.5 Å². The molecule has 1 aromatic carbocycles. The lowest BCUT2D eigenvalue weighted by Gasteiger charge is -2.07. The van der Waals surface area contributed by atoms with Gasteiger partial charge in [0.05, 0.1) is 17.8 Å². The summed E-state index contributed by atoms with van der Waals surface area (Å²) in [5.41, 5.74) is 0. The van der Waals surface area contributed by atoms with E-state index in [1.54, 1.807) is 13.0 Å². The molecular weight excluding hydrogens is 267 g/mol. The van der Waals surface area contributed by atoms with Gasteiger partial charge in [0.1, 0.15) is 5.82 Å². The zero-order valence-corrected chi connectivity index (χ0v) is 11.5. The van der Waals surface area contributed by atoms with Gasteiger partial charge in [-0.3, -0.25) is 0 Å². The largest absolute Gasteiger partial charge is 0.393 e. The SMILES string of the molecule is CC(O)C(C)c1nc(CSc2cccc(F)c2)no1. The third-order valence-electron chi connectivity index (χ3n) is 2.76. The first-order valence-corrected chi connectivity index (χ1v) is 6.93. The molecule has 0 saturated carbocycles. The Morgan fingerprint density at radius 3 is 2.89 bits per heavy atom. The van der Waals surface area contributed by atoms with Crippen LogP contribution >= 0.6 is 11.8 Å². The third kappa shape index (κ3) is 3.78. The van der Waals surface area contributed by atoms with Crippen LogP contribution in [-0.2, 0) is 5.75 Å². The standard InChI is InChI=1S/C13H15FN2O2S/c1-8(9(2)17)13-15-12(16-18-13)7-19-11-5-3-4-10(14)6-11/h3-6,8-9,17H,7H2,1-2H3. The van der Waals surface area contributed by atoms with Crippen molar-refractivity contribution in [2.24, 2.45) is 0 Å². The molecule has 0 aliphatic rings. The highest BCUT2D eigenvalue weighted by atomic mass is 32.2. The van der Waals surface area contributed by atoms with Crippen LogP contribution in [-0.4, -0.2) is 21.4 Å².